The van der Waals surface area contributed by atoms with Gasteiger partial charge >= 0.3 is 17.8 Å². The molecule has 1 amide bonds. The molecule has 0 unspecified atom stereocenters. The molecule has 3 aromatic carbocycles. The van der Waals surface area contributed by atoms with Crippen LogP contribution in [0.3, 0.4) is 0 Å². The minimum absolute atomic E-state index is 0.00654. The number of benzene rings is 3. The third-order valence-electron chi connectivity index (χ3n) is 9.23. The van der Waals surface area contributed by atoms with Crippen LogP contribution in [0.25, 0.3) is 16.5 Å². The number of nitrogens with one attached hydrogen (secondary N) is 1. The van der Waals surface area contributed by atoms with Crippen LogP contribution in [0.2, 0.25) is 0 Å². The number of carboxylic acid groups (broad SMARTS) is 1. The van der Waals surface area contributed by atoms with Crippen LogP contribution >= 0.6 is 0 Å². The number of anilines is 1. The molecule has 2 atom stereocenters. The van der Waals surface area contributed by atoms with Crippen LogP contribution in [-0.4, -0.2) is 82.1 Å². The molecule has 2 N–H and O–H groups in total. The van der Waals surface area contributed by atoms with E-state index in [1.807, 2.05) is 4.90 Å². The van der Waals surface area contributed by atoms with E-state index in [0.29, 0.717) is 29.4 Å². The molecule has 0 saturated carbocycles. The normalized spacial score (nSPS) is 17.6. The van der Waals surface area contributed by atoms with Gasteiger partial charge in [0.1, 0.15) is 17.9 Å². The summed E-state index contributed by atoms with van der Waals surface area (Å²) in [5.41, 5.74) is -0.727. The van der Waals surface area contributed by atoms with E-state index in [4.69, 9.17) is 4.74 Å². The van der Waals surface area contributed by atoms with E-state index < -0.39 is 59.4 Å². The minimum Gasteiger partial charge on any atom is -0.480 e. The number of hydrogen-bond acceptors (Lipinski definition) is 7. The van der Waals surface area contributed by atoms with E-state index in [1.165, 1.54) is 29.9 Å². The molecule has 50 heavy (non-hydrogen) atoms. The number of rotatable bonds is 9. The highest BCUT2D eigenvalue weighted by molar-refractivity contribution is 5.99. The van der Waals surface area contributed by atoms with Gasteiger partial charge in [-0.2, -0.15) is 13.2 Å². The van der Waals surface area contributed by atoms with E-state index in [9.17, 15) is 37.5 Å². The summed E-state index contributed by atoms with van der Waals surface area (Å²) in [6, 6.07) is 9.82. The first-order valence-electron chi connectivity index (χ1n) is 16.1. The Bertz CT molecular complexity index is 2060. The van der Waals surface area contributed by atoms with Crippen LogP contribution in [0, 0.1) is 5.82 Å². The van der Waals surface area contributed by atoms with Gasteiger partial charge < -0.3 is 24.6 Å². The predicted molar refractivity (Wildman–Crippen MR) is 176 cm³/mol. The van der Waals surface area contributed by atoms with E-state index in [2.05, 4.69) is 5.32 Å². The summed E-state index contributed by atoms with van der Waals surface area (Å²) in [5.74, 6) is -3.50. The van der Waals surface area contributed by atoms with Gasteiger partial charge in [-0.25, -0.2) is 18.5 Å². The molecule has 0 radical (unpaired) electrons. The lowest BCUT2D eigenvalue weighted by Crippen LogP contribution is -2.53. The number of carbonyl (C=O) groups is 2. The maximum Gasteiger partial charge on any atom is 0.411 e. The van der Waals surface area contributed by atoms with Gasteiger partial charge in [0.25, 0.3) is 11.5 Å². The van der Waals surface area contributed by atoms with Crippen molar-refractivity contribution in [3.8, 4) is 5.69 Å². The van der Waals surface area contributed by atoms with Crippen molar-refractivity contribution in [3.63, 3.8) is 0 Å². The van der Waals surface area contributed by atoms with Crippen LogP contribution in [0.4, 0.5) is 23.2 Å². The Hall–Kier alpha value is -5.02. The number of aryl methyl sites for hydroxylation is 1. The van der Waals surface area contributed by atoms with Crippen LogP contribution in [0.1, 0.15) is 34.3 Å². The Labute approximate surface area is 283 Å². The SMILES string of the molecule is Cn1ccc(=O)n(-c2cccc3c(C[C@H](NC(=O)c4c(F)cc(N5CCOC[C@@H]5C(F)(F)F)cc4CN4CCCC4)C(=O)O)cccc23)c1=O. The number of amides is 1. The average Bonchev–Trinajstić information content (AvgIpc) is 3.59. The monoisotopic (exact) mass is 697 g/mol. The Morgan fingerprint density at radius 1 is 1.00 bits per heavy atom. The number of aromatic nitrogens is 2. The Balaban J connectivity index is 1.34. The van der Waals surface area contributed by atoms with E-state index >= 15 is 4.39 Å². The predicted octanol–water partition coefficient (Wildman–Crippen LogP) is 3.62. The fourth-order valence-corrected chi connectivity index (χ4v) is 6.73. The first-order chi connectivity index (χ1) is 23.8. The molecular formula is C35H35F4N5O6. The average molecular weight is 698 g/mol. The second-order valence-corrected chi connectivity index (χ2v) is 12.5. The lowest BCUT2D eigenvalue weighted by molar-refractivity contribution is -0.167. The molecule has 0 bridgehead atoms. The zero-order valence-corrected chi connectivity index (χ0v) is 27.1. The smallest absolute Gasteiger partial charge is 0.411 e. The molecule has 15 heteroatoms. The molecule has 3 heterocycles. The van der Waals surface area contributed by atoms with Crippen molar-refractivity contribution in [3.05, 3.63) is 104 Å². The van der Waals surface area contributed by atoms with Gasteiger partial charge in [0.15, 0.2) is 0 Å². The number of ether oxygens (including phenoxy) is 1. The second kappa shape index (κ2) is 14.1. The Morgan fingerprint density at radius 3 is 2.44 bits per heavy atom. The maximum atomic E-state index is 16.0. The zero-order valence-electron chi connectivity index (χ0n) is 27.1. The van der Waals surface area contributed by atoms with Crippen molar-refractivity contribution >= 4 is 28.3 Å². The van der Waals surface area contributed by atoms with Crippen molar-refractivity contribution in [1.82, 2.24) is 19.4 Å². The molecule has 2 aliphatic rings. The number of morpholine rings is 1. The number of hydrogen-bond donors (Lipinski definition) is 2. The van der Waals surface area contributed by atoms with Gasteiger partial charge in [-0.05, 0) is 60.6 Å². The summed E-state index contributed by atoms with van der Waals surface area (Å²) in [5, 5.41) is 13.6. The third-order valence-corrected chi connectivity index (χ3v) is 9.23. The highest BCUT2D eigenvalue weighted by Crippen LogP contribution is 2.34. The molecule has 11 nitrogen and oxygen atoms in total. The van der Waals surface area contributed by atoms with Gasteiger partial charge in [-0.3, -0.25) is 14.5 Å². The summed E-state index contributed by atoms with van der Waals surface area (Å²) < 4.78 is 65.0. The molecular weight excluding hydrogens is 662 g/mol. The molecule has 264 valence electrons. The topological polar surface area (TPSA) is 126 Å². The van der Waals surface area contributed by atoms with Gasteiger partial charge in [-0.1, -0.05) is 30.3 Å². The van der Waals surface area contributed by atoms with Crippen molar-refractivity contribution in [2.75, 3.05) is 37.7 Å². The standard InChI is InChI=1S/C35H35F4N5O6/c1-41-13-10-30(45)44(34(41)49)28-9-5-7-24-21(6-4-8-25(24)28)17-27(33(47)48)40-32(46)31-22(19-42-11-2-3-12-42)16-23(18-26(31)36)43-14-15-50-20-29(43)35(37,38)39/h4-10,13,16,18,27,29H,2-3,11-12,14-15,17,19-20H2,1H3,(H,40,46)(H,47,48)/t27-,29+/m0/s1. The van der Waals surface area contributed by atoms with Gasteiger partial charge in [0, 0.05) is 49.9 Å². The molecule has 2 fully saturated rings. The van der Waals surface area contributed by atoms with Gasteiger partial charge in [-0.15, -0.1) is 0 Å². The van der Waals surface area contributed by atoms with Gasteiger partial charge in [0.2, 0.25) is 0 Å². The lowest BCUT2D eigenvalue weighted by atomic mass is 9.97. The minimum atomic E-state index is -4.65. The number of likely N-dealkylation sites (tertiary alicyclic amines) is 1. The Morgan fingerprint density at radius 2 is 1.72 bits per heavy atom. The van der Waals surface area contributed by atoms with Crippen molar-refractivity contribution in [2.45, 2.75) is 44.1 Å². The highest BCUT2D eigenvalue weighted by atomic mass is 19.4. The molecule has 2 aliphatic heterocycles. The van der Waals surface area contributed by atoms with Gasteiger partial charge in [0.05, 0.1) is 24.5 Å². The third kappa shape index (κ3) is 7.01. The fraction of sp³-hybridized carbons (Fsp3) is 0.371. The van der Waals surface area contributed by atoms with Crippen LogP contribution in [0.5, 0.6) is 0 Å². The zero-order chi connectivity index (χ0) is 35.7. The number of carbonyl (C=O) groups excluding carboxylic acids is 1. The van der Waals surface area contributed by atoms with Crippen molar-refractivity contribution in [2.24, 2.45) is 7.05 Å². The second-order valence-electron chi connectivity index (χ2n) is 12.5. The highest BCUT2D eigenvalue weighted by Gasteiger charge is 2.46. The molecule has 2 saturated heterocycles. The molecule has 1 aromatic heterocycles. The number of aliphatic carboxylic acids is 1. The van der Waals surface area contributed by atoms with Crippen molar-refractivity contribution in [1.29, 1.82) is 0 Å². The van der Waals surface area contributed by atoms with Crippen LogP contribution < -0.4 is 21.5 Å². The summed E-state index contributed by atoms with van der Waals surface area (Å²) >= 11 is 0. The number of fused-ring (bicyclic) bond motifs is 1. The number of carboxylic acids is 1. The molecule has 0 aliphatic carbocycles. The Kier molecular flexibility index (Phi) is 9.80. The van der Waals surface area contributed by atoms with E-state index in [0.717, 1.165) is 28.4 Å². The number of alkyl halides is 3. The summed E-state index contributed by atoms with van der Waals surface area (Å²) in [6.45, 7) is 0.627. The maximum absolute atomic E-state index is 16.0. The van der Waals surface area contributed by atoms with E-state index in [-0.39, 0.29) is 43.1 Å². The molecule has 4 aromatic rings. The largest absolute Gasteiger partial charge is 0.480 e. The van der Waals surface area contributed by atoms with Crippen molar-refractivity contribution < 1.29 is 37.0 Å². The van der Waals surface area contributed by atoms with Crippen LogP contribution in [-0.2, 0) is 29.5 Å². The number of halogens is 4. The lowest BCUT2D eigenvalue weighted by Gasteiger charge is -2.38. The number of nitrogens with zero attached hydrogens (tertiary/aromatic N) is 4. The quantitative estimate of drug-likeness (QED) is 0.254. The van der Waals surface area contributed by atoms with Crippen LogP contribution in [0.15, 0.2) is 70.4 Å². The first-order valence-corrected chi connectivity index (χ1v) is 16.1. The summed E-state index contributed by atoms with van der Waals surface area (Å²) in [4.78, 5) is 54.9. The molecule has 0 spiro atoms. The first kappa shape index (κ1) is 34.8. The van der Waals surface area contributed by atoms with E-state index in [1.54, 1.807) is 36.4 Å². The molecule has 6 rings (SSSR count). The fourth-order valence-electron chi connectivity index (χ4n) is 6.73. The summed E-state index contributed by atoms with van der Waals surface area (Å²) in [6.07, 6.45) is -1.81. The summed E-state index contributed by atoms with van der Waals surface area (Å²) in [7, 11) is 1.50.